The number of carbonyl (C=O) groups is 1. The predicted octanol–water partition coefficient (Wildman–Crippen LogP) is 1.22. The first-order chi connectivity index (χ1) is 7.78. The standard InChI is InChI=1S/C9H16F3N3O2/c1-6(7(13)15-17)8(16)14-5-3-2-4-9(10,11)12/h6,17H,2-5H2,1H3,(H2,13,15)(H,14,16). The fourth-order valence-electron chi connectivity index (χ4n) is 1.04. The largest absolute Gasteiger partial charge is 0.409 e. The zero-order chi connectivity index (χ0) is 13.5. The molecule has 0 aromatic rings. The van der Waals surface area contributed by atoms with E-state index in [1.807, 2.05) is 0 Å². The van der Waals surface area contributed by atoms with Gasteiger partial charge >= 0.3 is 6.18 Å². The highest BCUT2D eigenvalue weighted by Gasteiger charge is 2.25. The van der Waals surface area contributed by atoms with Gasteiger partial charge in [0.15, 0.2) is 5.84 Å². The van der Waals surface area contributed by atoms with Crippen LogP contribution in [0.1, 0.15) is 26.2 Å². The number of alkyl halides is 3. The monoisotopic (exact) mass is 255 g/mol. The first-order valence-corrected chi connectivity index (χ1v) is 5.10. The number of hydrogen-bond acceptors (Lipinski definition) is 3. The number of carbonyl (C=O) groups excluding carboxylic acids is 1. The van der Waals surface area contributed by atoms with E-state index in [1.165, 1.54) is 6.92 Å². The van der Waals surface area contributed by atoms with Crippen LogP contribution in [-0.2, 0) is 4.79 Å². The van der Waals surface area contributed by atoms with E-state index in [2.05, 4.69) is 10.5 Å². The van der Waals surface area contributed by atoms with Gasteiger partial charge in [-0.2, -0.15) is 13.2 Å². The van der Waals surface area contributed by atoms with Crippen molar-refractivity contribution in [3.05, 3.63) is 0 Å². The maximum atomic E-state index is 11.8. The van der Waals surface area contributed by atoms with Gasteiger partial charge in [0.05, 0.1) is 5.92 Å². The van der Waals surface area contributed by atoms with Crippen LogP contribution in [0.4, 0.5) is 13.2 Å². The van der Waals surface area contributed by atoms with Crippen LogP contribution in [0.2, 0.25) is 0 Å². The Hall–Kier alpha value is -1.47. The van der Waals surface area contributed by atoms with Gasteiger partial charge < -0.3 is 16.3 Å². The van der Waals surface area contributed by atoms with E-state index in [-0.39, 0.29) is 25.2 Å². The Labute approximate surface area is 96.9 Å². The van der Waals surface area contributed by atoms with Crippen molar-refractivity contribution in [2.24, 2.45) is 16.8 Å². The lowest BCUT2D eigenvalue weighted by Crippen LogP contribution is -2.37. The molecule has 1 atom stereocenters. The van der Waals surface area contributed by atoms with Crippen molar-refractivity contribution in [3.8, 4) is 0 Å². The Morgan fingerprint density at radius 1 is 1.47 bits per heavy atom. The highest BCUT2D eigenvalue weighted by molar-refractivity contribution is 6.01. The van der Waals surface area contributed by atoms with Gasteiger partial charge in [0.1, 0.15) is 0 Å². The third-order valence-electron chi connectivity index (χ3n) is 2.14. The molecule has 0 spiro atoms. The summed E-state index contributed by atoms with van der Waals surface area (Å²) >= 11 is 0. The average Bonchev–Trinajstić information content (AvgIpc) is 2.24. The van der Waals surface area contributed by atoms with Gasteiger partial charge in [-0.3, -0.25) is 4.79 Å². The van der Waals surface area contributed by atoms with Crippen LogP contribution in [0.3, 0.4) is 0 Å². The smallest absolute Gasteiger partial charge is 0.389 e. The second-order valence-corrected chi connectivity index (χ2v) is 3.61. The number of amidine groups is 1. The number of halogens is 3. The van der Waals surface area contributed by atoms with Gasteiger partial charge in [-0.15, -0.1) is 0 Å². The van der Waals surface area contributed by atoms with E-state index < -0.39 is 24.4 Å². The van der Waals surface area contributed by atoms with Crippen LogP contribution in [0.15, 0.2) is 5.16 Å². The zero-order valence-electron chi connectivity index (χ0n) is 9.42. The molecule has 1 amide bonds. The fourth-order valence-corrected chi connectivity index (χ4v) is 1.04. The zero-order valence-corrected chi connectivity index (χ0v) is 9.42. The van der Waals surface area contributed by atoms with E-state index in [0.29, 0.717) is 0 Å². The van der Waals surface area contributed by atoms with Crippen molar-refractivity contribution >= 4 is 11.7 Å². The summed E-state index contributed by atoms with van der Waals surface area (Å²) in [5.41, 5.74) is 5.20. The van der Waals surface area contributed by atoms with Gasteiger partial charge in [0.2, 0.25) is 5.91 Å². The number of oxime groups is 1. The molecule has 0 radical (unpaired) electrons. The van der Waals surface area contributed by atoms with Crippen LogP contribution in [0.5, 0.6) is 0 Å². The first kappa shape index (κ1) is 15.5. The molecule has 0 aromatic carbocycles. The molecule has 5 nitrogen and oxygen atoms in total. The van der Waals surface area contributed by atoms with Gasteiger partial charge in [0, 0.05) is 13.0 Å². The third-order valence-corrected chi connectivity index (χ3v) is 2.14. The first-order valence-electron chi connectivity index (χ1n) is 5.10. The van der Waals surface area contributed by atoms with Crippen molar-refractivity contribution in [1.82, 2.24) is 5.32 Å². The number of unbranched alkanes of at least 4 members (excludes halogenated alkanes) is 1. The highest BCUT2D eigenvalue weighted by atomic mass is 19.4. The molecule has 17 heavy (non-hydrogen) atoms. The summed E-state index contributed by atoms with van der Waals surface area (Å²) in [7, 11) is 0. The Balaban J connectivity index is 3.73. The van der Waals surface area contributed by atoms with Gasteiger partial charge in [-0.25, -0.2) is 0 Å². The predicted molar refractivity (Wildman–Crippen MR) is 55.5 cm³/mol. The fraction of sp³-hybridized carbons (Fsp3) is 0.778. The molecular weight excluding hydrogens is 239 g/mol. The van der Waals surface area contributed by atoms with Crippen LogP contribution >= 0.6 is 0 Å². The number of rotatable bonds is 6. The second-order valence-electron chi connectivity index (χ2n) is 3.61. The summed E-state index contributed by atoms with van der Waals surface area (Å²) in [6.07, 6.45) is -4.83. The van der Waals surface area contributed by atoms with E-state index in [4.69, 9.17) is 10.9 Å². The van der Waals surface area contributed by atoms with Gasteiger partial charge in [0.25, 0.3) is 0 Å². The molecule has 1 unspecified atom stereocenters. The van der Waals surface area contributed by atoms with E-state index >= 15 is 0 Å². The van der Waals surface area contributed by atoms with Crippen LogP contribution in [0.25, 0.3) is 0 Å². The molecule has 0 rings (SSSR count). The summed E-state index contributed by atoms with van der Waals surface area (Å²) in [6, 6.07) is 0. The lowest BCUT2D eigenvalue weighted by Gasteiger charge is -2.10. The number of nitrogens with two attached hydrogens (primary N) is 1. The third kappa shape index (κ3) is 7.42. The number of nitrogens with one attached hydrogen (secondary N) is 1. The van der Waals surface area contributed by atoms with Crippen molar-refractivity contribution < 1.29 is 23.2 Å². The Morgan fingerprint density at radius 2 is 2.06 bits per heavy atom. The quantitative estimate of drug-likeness (QED) is 0.219. The summed E-state index contributed by atoms with van der Waals surface area (Å²) in [5, 5.41) is 13.4. The minimum Gasteiger partial charge on any atom is -0.409 e. The number of amides is 1. The minimum atomic E-state index is -4.16. The number of hydrogen-bond donors (Lipinski definition) is 3. The molecule has 0 heterocycles. The highest BCUT2D eigenvalue weighted by Crippen LogP contribution is 2.21. The number of nitrogens with zero attached hydrogens (tertiary/aromatic N) is 1. The van der Waals surface area contributed by atoms with Crippen LogP contribution in [0, 0.1) is 5.92 Å². The molecule has 0 saturated carbocycles. The Kier molecular flexibility index (Phi) is 6.37. The van der Waals surface area contributed by atoms with E-state index in [0.717, 1.165) is 0 Å². The maximum Gasteiger partial charge on any atom is 0.389 e. The molecule has 0 aromatic heterocycles. The van der Waals surface area contributed by atoms with Crippen molar-refractivity contribution in [1.29, 1.82) is 0 Å². The molecular formula is C9H16F3N3O2. The van der Waals surface area contributed by atoms with Crippen molar-refractivity contribution in [2.45, 2.75) is 32.4 Å². The molecule has 4 N–H and O–H groups in total. The molecule has 0 saturated heterocycles. The molecule has 0 fully saturated rings. The van der Waals surface area contributed by atoms with E-state index in [1.54, 1.807) is 0 Å². The lowest BCUT2D eigenvalue weighted by molar-refractivity contribution is -0.135. The normalized spacial score (nSPS) is 14.5. The molecule has 0 aliphatic rings. The minimum absolute atomic E-state index is 0.0399. The molecule has 8 heteroatoms. The summed E-state index contributed by atoms with van der Waals surface area (Å²) < 4.78 is 35.3. The summed E-state index contributed by atoms with van der Waals surface area (Å²) in [6.45, 7) is 1.57. The second kappa shape index (κ2) is 6.97. The maximum absolute atomic E-state index is 11.8. The summed E-state index contributed by atoms with van der Waals surface area (Å²) in [4.78, 5) is 11.3. The lowest BCUT2D eigenvalue weighted by atomic mass is 10.1. The van der Waals surface area contributed by atoms with Gasteiger partial charge in [-0.1, -0.05) is 5.16 Å². The van der Waals surface area contributed by atoms with Crippen molar-refractivity contribution in [3.63, 3.8) is 0 Å². The van der Waals surface area contributed by atoms with Crippen LogP contribution in [-0.4, -0.2) is 29.7 Å². The van der Waals surface area contributed by atoms with E-state index in [9.17, 15) is 18.0 Å². The average molecular weight is 255 g/mol. The summed E-state index contributed by atoms with van der Waals surface area (Å²) in [5.74, 6) is -1.52. The van der Waals surface area contributed by atoms with Gasteiger partial charge in [-0.05, 0) is 19.8 Å². The van der Waals surface area contributed by atoms with Crippen LogP contribution < -0.4 is 11.1 Å². The molecule has 100 valence electrons. The SMILES string of the molecule is CC(C(=O)NCCCCC(F)(F)F)C(N)=NO. The Bertz CT molecular complexity index is 279. The topological polar surface area (TPSA) is 87.7 Å². The van der Waals surface area contributed by atoms with Crippen molar-refractivity contribution in [2.75, 3.05) is 6.54 Å². The molecule has 0 bridgehead atoms. The molecule has 0 aliphatic carbocycles. The Morgan fingerprint density at radius 3 is 2.53 bits per heavy atom. The molecule has 0 aliphatic heterocycles.